The van der Waals surface area contributed by atoms with Crippen molar-refractivity contribution in [1.82, 2.24) is 21.3 Å². The van der Waals surface area contributed by atoms with E-state index in [2.05, 4.69) is 16.0 Å². The first kappa shape index (κ1) is 46.5. The molecular formula is C35H59N9O15+4. The smallest absolute Gasteiger partial charge is 0.481 e. The van der Waals surface area contributed by atoms with E-state index in [0.717, 1.165) is 0 Å². The summed E-state index contributed by atoms with van der Waals surface area (Å²) >= 11 is 0. The zero-order valence-corrected chi connectivity index (χ0v) is 33.0. The van der Waals surface area contributed by atoms with Crippen molar-refractivity contribution in [3.8, 4) is 0 Å². The standard InChI is InChI=1S/C35H55N9O15/c36-23(31(54)38-10-4-2-6-24(32(55)56)39-34(59)40-25(33(57)58)7-8-27(46)47)5-1-3-9-37-26(45)19-41-11-13-42(20-28(48)49)15-17-44(22-30(52)53)18-16-43(14-12-41,21-29(50)51)35(41,42)44/h23-25H,1-22,36H2,(H6-4,37,38,39,40,45,46,47,48,49,50,51,52,53,54,55,56,57,58,59)/p+4/t23-,24+,25+,35?,41?,42-,43?,44?/m1/s1. The number of nitrogens with two attached hydrogens (primary N) is 1. The van der Waals surface area contributed by atoms with Gasteiger partial charge in [0.05, 0.1) is 6.04 Å². The molecule has 4 unspecified atom stereocenters. The molecule has 0 aromatic carbocycles. The van der Waals surface area contributed by atoms with Crippen molar-refractivity contribution in [3.63, 3.8) is 0 Å². The summed E-state index contributed by atoms with van der Waals surface area (Å²) in [5.41, 5.74) is 6.06. The highest BCUT2D eigenvalue weighted by Crippen LogP contribution is 2.62. The number of nitrogens with zero attached hydrogens (tertiary/aromatic N) is 4. The highest BCUT2D eigenvalue weighted by Gasteiger charge is 2.99. The average molecular weight is 846 g/mol. The van der Waals surface area contributed by atoms with Crippen LogP contribution in [0.25, 0.3) is 0 Å². The Balaban J connectivity index is 1.23. The van der Waals surface area contributed by atoms with Crippen LogP contribution in [-0.2, 0) is 38.4 Å². The maximum atomic E-state index is 13.7. The highest BCUT2D eigenvalue weighted by molar-refractivity contribution is 5.86. The van der Waals surface area contributed by atoms with Crippen LogP contribution in [0.1, 0.15) is 51.4 Å². The molecule has 24 heteroatoms. The number of quaternary nitrogens is 4. The van der Waals surface area contributed by atoms with E-state index in [1.54, 1.807) is 0 Å². The lowest BCUT2D eigenvalue weighted by Gasteiger charge is -2.49. The Labute approximate surface area is 339 Å². The van der Waals surface area contributed by atoms with Crippen LogP contribution in [0.15, 0.2) is 0 Å². The number of aliphatic carboxylic acids is 6. The number of rotatable bonds is 26. The average Bonchev–Trinajstić information content (AvgIpc) is 3.76. The van der Waals surface area contributed by atoms with Gasteiger partial charge in [0.1, 0.15) is 64.4 Å². The van der Waals surface area contributed by atoms with E-state index in [1.807, 2.05) is 5.32 Å². The van der Waals surface area contributed by atoms with Crippen molar-refractivity contribution in [1.29, 1.82) is 0 Å². The molecule has 0 aliphatic carbocycles. The van der Waals surface area contributed by atoms with Gasteiger partial charge in [-0.15, -0.1) is 17.9 Å². The van der Waals surface area contributed by atoms with Crippen LogP contribution in [0, 0.1) is 0 Å². The summed E-state index contributed by atoms with van der Waals surface area (Å²) in [7, 11) is 0. The van der Waals surface area contributed by atoms with Gasteiger partial charge in [-0.1, -0.05) is 0 Å². The molecule has 0 aromatic rings. The molecule has 59 heavy (non-hydrogen) atoms. The number of carboxylic acids is 6. The lowest BCUT2D eigenvalue weighted by Crippen LogP contribution is -2.86. The first-order valence-corrected chi connectivity index (χ1v) is 19.8. The zero-order valence-electron chi connectivity index (χ0n) is 33.0. The summed E-state index contributed by atoms with van der Waals surface area (Å²) in [4.78, 5) is 109. The number of hydrogen-bond acceptors (Lipinski definition) is 10. The second-order valence-electron chi connectivity index (χ2n) is 16.4. The number of carbonyl (C=O) groups is 9. The fourth-order valence-electron chi connectivity index (χ4n) is 10.8. The third-order valence-corrected chi connectivity index (χ3v) is 12.8. The molecule has 4 saturated heterocycles. The van der Waals surface area contributed by atoms with Crippen molar-refractivity contribution in [3.05, 3.63) is 0 Å². The molecule has 8 atom stereocenters. The number of urea groups is 1. The molecule has 330 valence electrons. The lowest BCUT2D eigenvalue weighted by atomic mass is 10.1. The van der Waals surface area contributed by atoms with Crippen molar-refractivity contribution in [2.24, 2.45) is 5.73 Å². The summed E-state index contributed by atoms with van der Waals surface area (Å²) in [5, 5.41) is 67.5. The number of hydrogen-bond donors (Lipinski definition) is 11. The number of amides is 4. The SMILES string of the molecule is N[C@H](CCCCNC(=O)C[N+]12CC[N+]3(CC(=O)O)CC[N+]4(CC(=O)O)CC[N@@+](CC(=O)O)(CC1)C342)C(=O)NCCCC[C@H](NC(=O)N[C@@H](CCC(=O)O)C(=O)O)C(=O)O. The van der Waals surface area contributed by atoms with Gasteiger partial charge in [-0.05, 0) is 44.9 Å². The summed E-state index contributed by atoms with van der Waals surface area (Å²) in [6.45, 7) is 2.51. The van der Waals surface area contributed by atoms with E-state index in [0.29, 0.717) is 71.6 Å². The Kier molecular flexibility index (Phi) is 14.8. The molecule has 4 rings (SSSR count). The lowest BCUT2D eigenvalue weighted by molar-refractivity contribution is -1.36. The fourth-order valence-corrected chi connectivity index (χ4v) is 10.8. The highest BCUT2D eigenvalue weighted by atomic mass is 16.4. The minimum Gasteiger partial charge on any atom is -0.481 e. The van der Waals surface area contributed by atoms with E-state index in [9.17, 15) is 68.7 Å². The van der Waals surface area contributed by atoms with Crippen LogP contribution in [0.2, 0.25) is 0 Å². The molecule has 0 saturated carbocycles. The summed E-state index contributed by atoms with van der Waals surface area (Å²) in [6, 6.07) is -4.86. The minimum atomic E-state index is -1.53. The summed E-state index contributed by atoms with van der Waals surface area (Å²) in [5.74, 6) is -9.23. The molecule has 0 radical (unpaired) electrons. The van der Waals surface area contributed by atoms with Crippen molar-refractivity contribution in [2.75, 3.05) is 91.6 Å². The van der Waals surface area contributed by atoms with Gasteiger partial charge >= 0.3 is 47.8 Å². The fraction of sp³-hybridized carbons (Fsp3) is 0.743. The molecule has 4 amide bonds. The van der Waals surface area contributed by atoms with Crippen LogP contribution in [0.5, 0.6) is 0 Å². The van der Waals surface area contributed by atoms with Gasteiger partial charge in [0.2, 0.25) is 5.91 Å². The summed E-state index contributed by atoms with van der Waals surface area (Å²) in [6.07, 6.45) is 0.858. The summed E-state index contributed by atoms with van der Waals surface area (Å²) < 4.78 is 0.211. The van der Waals surface area contributed by atoms with Crippen LogP contribution in [0.3, 0.4) is 0 Å². The largest absolute Gasteiger partial charge is 0.483 e. The Bertz CT molecular complexity index is 1600. The first-order valence-electron chi connectivity index (χ1n) is 19.8. The molecule has 4 aliphatic rings. The molecule has 24 nitrogen and oxygen atoms in total. The zero-order chi connectivity index (χ0) is 43.8. The molecule has 4 aliphatic heterocycles. The second-order valence-corrected chi connectivity index (χ2v) is 16.4. The maximum absolute atomic E-state index is 13.7. The first-order chi connectivity index (χ1) is 27.7. The topological polar surface area (TPSA) is 349 Å². The number of carboxylic acid groups (broad SMARTS) is 6. The third-order valence-electron chi connectivity index (χ3n) is 12.8. The Morgan fingerprint density at radius 1 is 0.508 bits per heavy atom. The normalized spacial score (nSPS) is 29.0. The van der Waals surface area contributed by atoms with E-state index in [4.69, 9.17) is 10.8 Å². The number of nitrogens with one attached hydrogen (secondary N) is 4. The Hall–Kier alpha value is -5.17. The van der Waals surface area contributed by atoms with Gasteiger partial charge in [-0.25, -0.2) is 28.8 Å². The molecule has 4 heterocycles. The van der Waals surface area contributed by atoms with Crippen LogP contribution in [-0.4, -0.2) is 218 Å². The molecule has 0 bridgehead atoms. The van der Waals surface area contributed by atoms with E-state index < -0.39 is 84.6 Å². The molecule has 4 fully saturated rings. The second kappa shape index (κ2) is 18.8. The number of carbonyl (C=O) groups excluding carboxylic acids is 3. The Morgan fingerprint density at radius 3 is 1.31 bits per heavy atom. The van der Waals surface area contributed by atoms with E-state index in [-0.39, 0.29) is 82.4 Å². The van der Waals surface area contributed by atoms with Gasteiger partial charge in [0.25, 0.3) is 5.91 Å². The Morgan fingerprint density at radius 2 is 0.898 bits per heavy atom. The predicted molar refractivity (Wildman–Crippen MR) is 198 cm³/mol. The maximum Gasteiger partial charge on any atom is 0.483 e. The van der Waals surface area contributed by atoms with Gasteiger partial charge in [-0.3, -0.25) is 14.4 Å². The minimum absolute atomic E-state index is 0.0320. The van der Waals surface area contributed by atoms with Crippen LogP contribution < -0.4 is 27.0 Å². The molecular weight excluding hydrogens is 786 g/mol. The van der Waals surface area contributed by atoms with Gasteiger partial charge in [0.15, 0.2) is 26.2 Å². The van der Waals surface area contributed by atoms with Crippen LogP contribution >= 0.6 is 0 Å². The van der Waals surface area contributed by atoms with Gasteiger partial charge in [0, 0.05) is 19.5 Å². The third kappa shape index (κ3) is 9.51. The van der Waals surface area contributed by atoms with Crippen molar-refractivity contribution < 1.29 is 91.7 Å². The quantitative estimate of drug-likeness (QED) is 0.0293. The monoisotopic (exact) mass is 845 g/mol. The number of unbranched alkanes of at least 4 members (excludes halogenated alkanes) is 2. The predicted octanol–water partition coefficient (Wildman–Crippen LogP) is -3.86. The van der Waals surface area contributed by atoms with Crippen molar-refractivity contribution in [2.45, 2.75) is 75.4 Å². The van der Waals surface area contributed by atoms with E-state index in [1.165, 1.54) is 0 Å². The molecule has 0 aromatic heterocycles. The van der Waals surface area contributed by atoms with Crippen molar-refractivity contribution >= 4 is 53.7 Å². The van der Waals surface area contributed by atoms with E-state index >= 15 is 0 Å². The van der Waals surface area contributed by atoms with Gasteiger partial charge in [-0.2, -0.15) is 0 Å². The molecule has 1 spiro atoms. The van der Waals surface area contributed by atoms with Gasteiger partial charge < -0.3 is 57.6 Å². The van der Waals surface area contributed by atoms with Crippen LogP contribution in [0.4, 0.5) is 4.79 Å². The molecule has 12 N–H and O–H groups in total.